The van der Waals surface area contributed by atoms with Gasteiger partial charge >= 0.3 is 0 Å². The Morgan fingerprint density at radius 2 is 1.95 bits per heavy atom. The van der Waals surface area contributed by atoms with E-state index in [1.54, 1.807) is 18.2 Å². The smallest absolute Gasteiger partial charge is 0.266 e. The zero-order chi connectivity index (χ0) is 15.5. The number of benzene rings is 2. The minimum atomic E-state index is -0.681. The summed E-state index contributed by atoms with van der Waals surface area (Å²) in [6.07, 6.45) is 1.40. The molecule has 2 aromatic rings. The molecule has 1 aliphatic carbocycles. The molecule has 0 unspecified atom stereocenters. The average Bonchev–Trinajstić information content (AvgIpc) is 3.31. The van der Waals surface area contributed by atoms with E-state index in [2.05, 4.69) is 21.2 Å². The SMILES string of the molecule is O=C(NC1CC1)[C@@H](Oc1ccc(Cl)cc1Br)c1ccccc1. The van der Waals surface area contributed by atoms with Crippen LogP contribution in [0.2, 0.25) is 5.02 Å². The van der Waals surface area contributed by atoms with Crippen LogP contribution >= 0.6 is 27.5 Å². The molecule has 22 heavy (non-hydrogen) atoms. The summed E-state index contributed by atoms with van der Waals surface area (Å²) in [5.74, 6) is 0.472. The zero-order valence-corrected chi connectivity index (χ0v) is 14.1. The summed E-state index contributed by atoms with van der Waals surface area (Å²) in [5.41, 5.74) is 0.822. The van der Waals surface area contributed by atoms with Crippen molar-refractivity contribution in [3.8, 4) is 5.75 Å². The minimum absolute atomic E-state index is 0.115. The van der Waals surface area contributed by atoms with Crippen molar-refractivity contribution >= 4 is 33.4 Å². The summed E-state index contributed by atoms with van der Waals surface area (Å²) in [4.78, 5) is 12.5. The predicted molar refractivity (Wildman–Crippen MR) is 90.1 cm³/mol. The highest BCUT2D eigenvalue weighted by Crippen LogP contribution is 2.32. The van der Waals surface area contributed by atoms with Crippen molar-refractivity contribution in [2.75, 3.05) is 0 Å². The molecule has 0 bridgehead atoms. The first-order valence-electron chi connectivity index (χ1n) is 7.10. The fourth-order valence-corrected chi connectivity index (χ4v) is 2.88. The van der Waals surface area contributed by atoms with Crippen molar-refractivity contribution in [1.29, 1.82) is 0 Å². The summed E-state index contributed by atoms with van der Waals surface area (Å²) < 4.78 is 6.68. The van der Waals surface area contributed by atoms with Gasteiger partial charge in [-0.2, -0.15) is 0 Å². The third kappa shape index (κ3) is 3.81. The van der Waals surface area contributed by atoms with Crippen LogP contribution in [0.15, 0.2) is 53.0 Å². The fraction of sp³-hybridized carbons (Fsp3) is 0.235. The number of carbonyl (C=O) groups is 1. The largest absolute Gasteiger partial charge is 0.475 e. The van der Waals surface area contributed by atoms with E-state index in [1.165, 1.54) is 0 Å². The molecule has 0 aromatic heterocycles. The lowest BCUT2D eigenvalue weighted by atomic mass is 10.1. The quantitative estimate of drug-likeness (QED) is 0.829. The van der Waals surface area contributed by atoms with Gasteiger partial charge in [0.05, 0.1) is 4.47 Å². The normalized spacial score (nSPS) is 15.2. The number of carbonyl (C=O) groups excluding carboxylic acids is 1. The summed E-state index contributed by atoms with van der Waals surface area (Å²) in [6, 6.07) is 15.0. The molecular weight excluding hydrogens is 366 g/mol. The Morgan fingerprint density at radius 3 is 2.59 bits per heavy atom. The Kier molecular flexibility index (Phi) is 4.69. The number of rotatable bonds is 5. The maximum absolute atomic E-state index is 12.5. The summed E-state index contributed by atoms with van der Waals surface area (Å²) in [6.45, 7) is 0. The van der Waals surface area contributed by atoms with Gasteiger partial charge in [0, 0.05) is 16.6 Å². The second-order valence-electron chi connectivity index (χ2n) is 5.27. The number of nitrogens with one attached hydrogen (secondary N) is 1. The van der Waals surface area contributed by atoms with E-state index < -0.39 is 6.10 Å². The molecule has 1 fully saturated rings. The third-order valence-corrected chi connectivity index (χ3v) is 4.26. The Morgan fingerprint density at radius 1 is 1.23 bits per heavy atom. The predicted octanol–water partition coefficient (Wildman–Crippen LogP) is 4.50. The number of amides is 1. The Balaban J connectivity index is 1.85. The maximum atomic E-state index is 12.5. The van der Waals surface area contributed by atoms with Gasteiger partial charge in [-0.15, -0.1) is 0 Å². The van der Waals surface area contributed by atoms with Crippen molar-refractivity contribution in [2.24, 2.45) is 0 Å². The van der Waals surface area contributed by atoms with Gasteiger partial charge < -0.3 is 10.1 Å². The highest BCUT2D eigenvalue weighted by atomic mass is 79.9. The summed E-state index contributed by atoms with van der Waals surface area (Å²) in [5, 5.41) is 3.61. The van der Waals surface area contributed by atoms with Crippen molar-refractivity contribution < 1.29 is 9.53 Å². The number of hydrogen-bond acceptors (Lipinski definition) is 2. The van der Waals surface area contributed by atoms with Crippen LogP contribution in [0, 0.1) is 0 Å². The van der Waals surface area contributed by atoms with Crippen LogP contribution in [-0.4, -0.2) is 11.9 Å². The summed E-state index contributed by atoms with van der Waals surface area (Å²) >= 11 is 9.36. The van der Waals surface area contributed by atoms with Crippen LogP contribution in [0.3, 0.4) is 0 Å². The molecule has 0 radical (unpaired) electrons. The first-order valence-corrected chi connectivity index (χ1v) is 8.27. The lowest BCUT2D eigenvalue weighted by Gasteiger charge is -2.20. The minimum Gasteiger partial charge on any atom is -0.475 e. The van der Waals surface area contributed by atoms with Gasteiger partial charge in [0.25, 0.3) is 5.91 Å². The molecule has 1 atom stereocenters. The molecular formula is C17H15BrClNO2. The van der Waals surface area contributed by atoms with Crippen molar-refractivity contribution in [3.05, 3.63) is 63.6 Å². The van der Waals surface area contributed by atoms with Crippen LogP contribution in [0.5, 0.6) is 5.75 Å². The highest BCUT2D eigenvalue weighted by Gasteiger charge is 2.30. The molecule has 0 saturated heterocycles. The summed E-state index contributed by atoms with van der Waals surface area (Å²) in [7, 11) is 0. The molecule has 114 valence electrons. The van der Waals surface area contributed by atoms with E-state index in [4.69, 9.17) is 16.3 Å². The number of ether oxygens (including phenoxy) is 1. The van der Waals surface area contributed by atoms with Crippen molar-refractivity contribution in [2.45, 2.75) is 25.0 Å². The Bertz CT molecular complexity index is 674. The number of halogens is 2. The first-order chi connectivity index (χ1) is 10.6. The van der Waals surface area contributed by atoms with Gasteiger partial charge in [0.2, 0.25) is 6.10 Å². The van der Waals surface area contributed by atoms with Gasteiger partial charge in [-0.1, -0.05) is 41.9 Å². The maximum Gasteiger partial charge on any atom is 0.266 e. The Hall–Kier alpha value is -1.52. The first kappa shape index (κ1) is 15.4. The van der Waals surface area contributed by atoms with Crippen LogP contribution < -0.4 is 10.1 Å². The lowest BCUT2D eigenvalue weighted by molar-refractivity contribution is -0.128. The topological polar surface area (TPSA) is 38.3 Å². The molecule has 5 heteroatoms. The number of hydrogen-bond donors (Lipinski definition) is 1. The van der Waals surface area contributed by atoms with Crippen LogP contribution in [0.4, 0.5) is 0 Å². The van der Waals surface area contributed by atoms with E-state index >= 15 is 0 Å². The second-order valence-corrected chi connectivity index (χ2v) is 6.56. The van der Waals surface area contributed by atoms with Crippen LogP contribution in [-0.2, 0) is 4.79 Å². The molecule has 1 aliphatic rings. The lowest BCUT2D eigenvalue weighted by Crippen LogP contribution is -2.33. The molecule has 1 N–H and O–H groups in total. The second kappa shape index (κ2) is 6.71. The van der Waals surface area contributed by atoms with E-state index in [9.17, 15) is 4.79 Å². The van der Waals surface area contributed by atoms with E-state index in [0.29, 0.717) is 10.8 Å². The van der Waals surface area contributed by atoms with Crippen molar-refractivity contribution in [1.82, 2.24) is 5.32 Å². The van der Waals surface area contributed by atoms with Gasteiger partial charge in [0.15, 0.2) is 0 Å². The van der Waals surface area contributed by atoms with Crippen LogP contribution in [0.1, 0.15) is 24.5 Å². The zero-order valence-electron chi connectivity index (χ0n) is 11.8. The van der Waals surface area contributed by atoms with E-state index in [-0.39, 0.29) is 11.9 Å². The standard InChI is InChI=1S/C17H15BrClNO2/c18-14-10-12(19)6-9-15(14)22-16(11-4-2-1-3-5-11)17(21)20-13-7-8-13/h1-6,9-10,13,16H,7-8H2,(H,20,21)/t16-/m0/s1. The molecule has 0 spiro atoms. The van der Waals surface area contributed by atoms with Gasteiger partial charge in [-0.3, -0.25) is 4.79 Å². The van der Waals surface area contributed by atoms with Crippen molar-refractivity contribution in [3.63, 3.8) is 0 Å². The van der Waals surface area contributed by atoms with Gasteiger partial charge in [-0.25, -0.2) is 0 Å². The molecule has 3 rings (SSSR count). The molecule has 2 aromatic carbocycles. The molecule has 0 heterocycles. The fourth-order valence-electron chi connectivity index (χ4n) is 2.10. The van der Waals surface area contributed by atoms with Gasteiger partial charge in [0.1, 0.15) is 5.75 Å². The van der Waals surface area contributed by atoms with Crippen LogP contribution in [0.25, 0.3) is 0 Å². The average molecular weight is 381 g/mol. The van der Waals surface area contributed by atoms with Gasteiger partial charge in [-0.05, 0) is 47.0 Å². The molecule has 1 saturated carbocycles. The monoisotopic (exact) mass is 379 g/mol. The third-order valence-electron chi connectivity index (χ3n) is 3.40. The molecule has 0 aliphatic heterocycles. The Labute approximate surface area is 142 Å². The highest BCUT2D eigenvalue weighted by molar-refractivity contribution is 9.10. The molecule has 1 amide bonds. The molecule has 3 nitrogen and oxygen atoms in total. The van der Waals surface area contributed by atoms with E-state index in [0.717, 1.165) is 22.9 Å². The van der Waals surface area contributed by atoms with E-state index in [1.807, 2.05) is 30.3 Å².